The number of nitrogens with zero attached hydrogens (tertiary/aromatic N) is 1. The van der Waals surface area contributed by atoms with Gasteiger partial charge in [0.1, 0.15) is 11.5 Å². The van der Waals surface area contributed by atoms with Gasteiger partial charge >= 0.3 is 0 Å². The molecule has 0 aliphatic carbocycles. The van der Waals surface area contributed by atoms with E-state index in [4.69, 9.17) is 11.1 Å². The summed E-state index contributed by atoms with van der Waals surface area (Å²) in [4.78, 5) is 4.31. The van der Waals surface area contributed by atoms with Crippen LogP contribution in [0.25, 0.3) is 0 Å². The monoisotopic (exact) mass is 367 g/mol. The molecule has 5 nitrogen and oxygen atoms in total. The van der Waals surface area contributed by atoms with Crippen LogP contribution in [0, 0.1) is 5.41 Å². The lowest BCUT2D eigenvalue weighted by atomic mass is 10.2. The van der Waals surface area contributed by atoms with E-state index >= 15 is 0 Å². The molecule has 1 heterocycles. The number of rotatable bonds is 5. The van der Waals surface area contributed by atoms with Crippen molar-refractivity contribution in [2.75, 3.05) is 5.75 Å². The zero-order valence-corrected chi connectivity index (χ0v) is 13.5. The quantitative estimate of drug-likeness (QED) is 0.624. The van der Waals surface area contributed by atoms with E-state index in [2.05, 4.69) is 20.9 Å². The average Bonchev–Trinajstić information content (AvgIpc) is 2.46. The average molecular weight is 368 g/mol. The first kappa shape index (κ1) is 15.7. The number of aryl methyl sites for hydroxylation is 1. The van der Waals surface area contributed by atoms with Crippen molar-refractivity contribution in [2.45, 2.75) is 11.3 Å². The third kappa shape index (κ3) is 3.89. The molecule has 110 valence electrons. The molecule has 0 radical (unpaired) electrons. The van der Waals surface area contributed by atoms with Gasteiger partial charge in [0.15, 0.2) is 9.84 Å². The smallest absolute Gasteiger partial charge is 0.179 e. The molecular formula is C14H14BrN3O2S. The molecule has 0 aliphatic rings. The zero-order chi connectivity index (χ0) is 15.5. The number of benzene rings is 1. The molecule has 0 amide bonds. The summed E-state index contributed by atoms with van der Waals surface area (Å²) >= 11 is 3.25. The molecule has 2 rings (SSSR count). The lowest BCUT2D eigenvalue weighted by Crippen LogP contribution is -2.14. The second kappa shape index (κ2) is 6.36. The van der Waals surface area contributed by atoms with Crippen LogP contribution in [0.1, 0.15) is 11.3 Å². The molecule has 7 heteroatoms. The number of hydrogen-bond acceptors (Lipinski definition) is 4. The Hall–Kier alpha value is -1.73. The maximum atomic E-state index is 12.3. The number of amidine groups is 1. The summed E-state index contributed by atoms with van der Waals surface area (Å²) < 4.78 is 25.2. The fraction of sp³-hybridized carbons (Fsp3) is 0.143. The van der Waals surface area contributed by atoms with Crippen LogP contribution in [0.5, 0.6) is 0 Å². The van der Waals surface area contributed by atoms with E-state index < -0.39 is 9.84 Å². The highest BCUT2D eigenvalue weighted by Gasteiger charge is 2.17. The van der Waals surface area contributed by atoms with Gasteiger partial charge in [0, 0.05) is 10.7 Å². The van der Waals surface area contributed by atoms with Gasteiger partial charge in [-0.15, -0.1) is 0 Å². The van der Waals surface area contributed by atoms with Crippen molar-refractivity contribution >= 4 is 31.6 Å². The van der Waals surface area contributed by atoms with Crippen LogP contribution in [0.3, 0.4) is 0 Å². The molecule has 0 bridgehead atoms. The summed E-state index contributed by atoms with van der Waals surface area (Å²) in [6.45, 7) is 0. The van der Waals surface area contributed by atoms with Gasteiger partial charge in [0.05, 0.1) is 10.6 Å². The molecule has 1 aromatic heterocycles. The molecule has 0 unspecified atom stereocenters. The summed E-state index contributed by atoms with van der Waals surface area (Å²) in [5.74, 6) is -0.112. The standard InChI is InChI=1S/C14H14BrN3O2S/c15-11-3-1-2-4-13(11)21(19,20)8-7-10-5-6-12(14(16)17)18-9-10/h1-6,9H,7-8H2,(H3,16,17). The highest BCUT2D eigenvalue weighted by molar-refractivity contribution is 9.10. The Kier molecular flexibility index (Phi) is 4.74. The van der Waals surface area contributed by atoms with Gasteiger partial charge in [-0.2, -0.15) is 0 Å². The first-order valence-electron chi connectivity index (χ1n) is 6.17. The largest absolute Gasteiger partial charge is 0.382 e. The molecule has 0 saturated heterocycles. The number of pyridine rings is 1. The summed E-state index contributed by atoms with van der Waals surface area (Å²) in [5.41, 5.74) is 6.49. The molecule has 0 atom stereocenters. The maximum absolute atomic E-state index is 12.3. The minimum atomic E-state index is -3.36. The molecule has 21 heavy (non-hydrogen) atoms. The Balaban J connectivity index is 2.12. The molecule has 0 saturated carbocycles. The Morgan fingerprint density at radius 1 is 1.24 bits per heavy atom. The minimum Gasteiger partial charge on any atom is -0.382 e. The van der Waals surface area contributed by atoms with Crippen molar-refractivity contribution in [3.63, 3.8) is 0 Å². The first-order valence-corrected chi connectivity index (χ1v) is 8.61. The summed E-state index contributed by atoms with van der Waals surface area (Å²) in [6.07, 6.45) is 1.90. The molecule has 2 aromatic rings. The van der Waals surface area contributed by atoms with Crippen molar-refractivity contribution in [3.8, 4) is 0 Å². The summed E-state index contributed by atoms with van der Waals surface area (Å²) in [6, 6.07) is 10.1. The number of nitrogens with two attached hydrogens (primary N) is 1. The number of aromatic nitrogens is 1. The molecule has 3 N–H and O–H groups in total. The topological polar surface area (TPSA) is 96.9 Å². The summed E-state index contributed by atoms with van der Waals surface area (Å²) in [7, 11) is -3.36. The lowest BCUT2D eigenvalue weighted by molar-refractivity contribution is 0.595. The number of sulfone groups is 1. The van der Waals surface area contributed by atoms with E-state index in [0.29, 0.717) is 21.5 Å². The van der Waals surface area contributed by atoms with Gasteiger partial charge in [-0.05, 0) is 46.1 Å². The van der Waals surface area contributed by atoms with Gasteiger partial charge in [-0.25, -0.2) is 8.42 Å². The number of nitrogen functional groups attached to an aromatic ring is 1. The van der Waals surface area contributed by atoms with Crippen molar-refractivity contribution in [1.82, 2.24) is 4.98 Å². The van der Waals surface area contributed by atoms with Crippen LogP contribution < -0.4 is 5.73 Å². The third-order valence-corrected chi connectivity index (χ3v) is 5.65. The minimum absolute atomic E-state index is 0.00326. The highest BCUT2D eigenvalue weighted by Crippen LogP contribution is 2.22. The maximum Gasteiger partial charge on any atom is 0.179 e. The van der Waals surface area contributed by atoms with Crippen molar-refractivity contribution in [1.29, 1.82) is 5.41 Å². The number of nitrogens with one attached hydrogen (secondary N) is 1. The second-order valence-electron chi connectivity index (χ2n) is 4.46. The van der Waals surface area contributed by atoms with Crippen LogP contribution in [-0.2, 0) is 16.3 Å². The first-order chi connectivity index (χ1) is 9.90. The van der Waals surface area contributed by atoms with Crippen LogP contribution in [0.4, 0.5) is 0 Å². The fourth-order valence-corrected chi connectivity index (χ4v) is 4.19. The van der Waals surface area contributed by atoms with E-state index in [1.165, 1.54) is 0 Å². The third-order valence-electron chi connectivity index (χ3n) is 2.93. The predicted octanol–water partition coefficient (Wildman–Crippen LogP) is 2.14. The Morgan fingerprint density at radius 3 is 2.52 bits per heavy atom. The van der Waals surface area contributed by atoms with Crippen LogP contribution in [-0.4, -0.2) is 25.0 Å². The van der Waals surface area contributed by atoms with E-state index in [9.17, 15) is 8.42 Å². The van der Waals surface area contributed by atoms with Crippen molar-refractivity contribution in [3.05, 3.63) is 58.3 Å². The molecular weight excluding hydrogens is 354 g/mol. The van der Waals surface area contributed by atoms with Gasteiger partial charge in [-0.1, -0.05) is 18.2 Å². The Labute approximate surface area is 131 Å². The van der Waals surface area contributed by atoms with Crippen molar-refractivity contribution < 1.29 is 8.42 Å². The fourth-order valence-electron chi connectivity index (χ4n) is 1.79. The van der Waals surface area contributed by atoms with E-state index in [-0.39, 0.29) is 11.6 Å². The Bertz CT molecular complexity index is 758. The molecule has 0 aliphatic heterocycles. The van der Waals surface area contributed by atoms with E-state index in [1.807, 2.05) is 0 Å². The number of hydrogen-bond donors (Lipinski definition) is 2. The normalized spacial score (nSPS) is 11.3. The zero-order valence-electron chi connectivity index (χ0n) is 11.1. The Morgan fingerprint density at radius 2 is 1.95 bits per heavy atom. The molecule has 0 spiro atoms. The number of halogens is 1. The highest BCUT2D eigenvalue weighted by atomic mass is 79.9. The van der Waals surface area contributed by atoms with Crippen LogP contribution in [0.2, 0.25) is 0 Å². The molecule has 0 fully saturated rings. The van der Waals surface area contributed by atoms with E-state index in [1.54, 1.807) is 42.6 Å². The molecule has 1 aromatic carbocycles. The van der Waals surface area contributed by atoms with E-state index in [0.717, 1.165) is 5.56 Å². The van der Waals surface area contributed by atoms with Crippen LogP contribution in [0.15, 0.2) is 52.0 Å². The SMILES string of the molecule is N=C(N)c1ccc(CCS(=O)(=O)c2ccccc2Br)cn1. The lowest BCUT2D eigenvalue weighted by Gasteiger charge is -2.07. The van der Waals surface area contributed by atoms with Gasteiger partial charge < -0.3 is 5.73 Å². The predicted molar refractivity (Wildman–Crippen MR) is 85.2 cm³/mol. The van der Waals surface area contributed by atoms with Gasteiger partial charge in [0.2, 0.25) is 0 Å². The van der Waals surface area contributed by atoms with Gasteiger partial charge in [-0.3, -0.25) is 10.4 Å². The van der Waals surface area contributed by atoms with Gasteiger partial charge in [0.25, 0.3) is 0 Å². The van der Waals surface area contributed by atoms with Crippen molar-refractivity contribution in [2.24, 2.45) is 5.73 Å². The summed E-state index contributed by atoms with van der Waals surface area (Å²) in [5, 5.41) is 7.26. The van der Waals surface area contributed by atoms with Crippen LogP contribution >= 0.6 is 15.9 Å². The second-order valence-corrected chi connectivity index (χ2v) is 7.40.